The minimum atomic E-state index is -0.362. The second kappa shape index (κ2) is 9.44. The van der Waals surface area contributed by atoms with Gasteiger partial charge in [-0.25, -0.2) is 0 Å². The van der Waals surface area contributed by atoms with Gasteiger partial charge in [0.05, 0.1) is 5.41 Å². The highest BCUT2D eigenvalue weighted by Crippen LogP contribution is 2.63. The van der Waals surface area contributed by atoms with Gasteiger partial charge in [0.2, 0.25) is 0 Å². The summed E-state index contributed by atoms with van der Waals surface area (Å²) in [5.41, 5.74) is 17.6. The molecule has 1 aliphatic heterocycles. The van der Waals surface area contributed by atoms with Crippen molar-refractivity contribution >= 4 is 10.8 Å². The van der Waals surface area contributed by atoms with Gasteiger partial charge in [-0.15, -0.1) is 0 Å². The van der Waals surface area contributed by atoms with Crippen molar-refractivity contribution in [3.8, 4) is 67.1 Å². The minimum Gasteiger partial charge on any atom is -0.456 e. The van der Waals surface area contributed by atoms with E-state index in [0.717, 1.165) is 17.1 Å². The maximum atomic E-state index is 6.45. The lowest BCUT2D eigenvalue weighted by atomic mass is 9.70. The fourth-order valence-corrected chi connectivity index (χ4v) is 8.98. The van der Waals surface area contributed by atoms with Gasteiger partial charge in [0, 0.05) is 10.9 Å². The molecule has 48 heavy (non-hydrogen) atoms. The van der Waals surface area contributed by atoms with Crippen LogP contribution in [0.3, 0.4) is 0 Å². The van der Waals surface area contributed by atoms with Crippen LogP contribution in [-0.4, -0.2) is 0 Å². The molecule has 1 heteroatoms. The molecule has 8 aromatic carbocycles. The molecule has 1 spiro atoms. The molecule has 0 N–H and O–H groups in total. The normalized spacial score (nSPS) is 13.8. The number of hydrogen-bond donors (Lipinski definition) is 0. The molecule has 0 bridgehead atoms. The van der Waals surface area contributed by atoms with Gasteiger partial charge < -0.3 is 4.74 Å². The van der Waals surface area contributed by atoms with Crippen molar-refractivity contribution in [1.82, 2.24) is 0 Å². The van der Waals surface area contributed by atoms with Crippen LogP contribution in [0.1, 0.15) is 22.3 Å². The first-order valence-corrected chi connectivity index (χ1v) is 16.7. The maximum absolute atomic E-state index is 6.45. The number of fused-ring (bicyclic) bond motifs is 12. The van der Waals surface area contributed by atoms with Crippen LogP contribution >= 0.6 is 0 Å². The Bertz CT molecular complexity index is 2590. The van der Waals surface area contributed by atoms with E-state index in [1.165, 1.54) is 83.1 Å². The molecule has 2 aliphatic carbocycles. The summed E-state index contributed by atoms with van der Waals surface area (Å²) in [6.07, 6.45) is 0. The van der Waals surface area contributed by atoms with Crippen molar-refractivity contribution < 1.29 is 4.74 Å². The van der Waals surface area contributed by atoms with Gasteiger partial charge in [-0.05, 0) is 102 Å². The molecule has 0 unspecified atom stereocenters. The summed E-state index contributed by atoms with van der Waals surface area (Å²) in [7, 11) is 0. The molecule has 1 nitrogen and oxygen atoms in total. The molecule has 11 rings (SSSR count). The zero-order chi connectivity index (χ0) is 31.4. The van der Waals surface area contributed by atoms with E-state index in [0.29, 0.717) is 0 Å². The smallest absolute Gasteiger partial charge is 0.135 e. The van der Waals surface area contributed by atoms with E-state index in [4.69, 9.17) is 4.74 Å². The molecule has 0 radical (unpaired) electrons. The fourth-order valence-electron chi connectivity index (χ4n) is 8.98. The molecule has 1 heterocycles. The molecule has 0 aromatic heterocycles. The Morgan fingerprint density at radius 1 is 0.312 bits per heavy atom. The van der Waals surface area contributed by atoms with Crippen molar-refractivity contribution in [2.45, 2.75) is 5.41 Å². The van der Waals surface area contributed by atoms with E-state index in [9.17, 15) is 0 Å². The Labute approximate surface area is 279 Å². The predicted octanol–water partition coefficient (Wildman–Crippen LogP) is 12.3. The third-order valence-corrected chi connectivity index (χ3v) is 10.9. The Morgan fingerprint density at radius 2 is 0.812 bits per heavy atom. The number of rotatable bonds is 2. The van der Waals surface area contributed by atoms with Crippen molar-refractivity contribution in [2.75, 3.05) is 0 Å². The van der Waals surface area contributed by atoms with Crippen molar-refractivity contribution in [1.29, 1.82) is 0 Å². The summed E-state index contributed by atoms with van der Waals surface area (Å²) in [5, 5.41) is 2.38. The van der Waals surface area contributed by atoms with E-state index < -0.39 is 0 Å². The highest BCUT2D eigenvalue weighted by molar-refractivity contribution is 6.05. The lowest BCUT2D eigenvalue weighted by Gasteiger charge is -2.30. The van der Waals surface area contributed by atoms with Gasteiger partial charge in [-0.3, -0.25) is 0 Å². The fraction of sp³-hybridized carbons (Fsp3) is 0.0213. The number of hydrogen-bond acceptors (Lipinski definition) is 1. The second-order valence-electron chi connectivity index (χ2n) is 13.2. The lowest BCUT2D eigenvalue weighted by molar-refractivity contribution is 0.487. The molecule has 0 amide bonds. The molecule has 0 atom stereocenters. The minimum absolute atomic E-state index is 0.362. The average molecular weight is 609 g/mol. The van der Waals surface area contributed by atoms with E-state index in [1.807, 2.05) is 0 Å². The van der Waals surface area contributed by atoms with Crippen molar-refractivity contribution in [2.24, 2.45) is 0 Å². The van der Waals surface area contributed by atoms with Gasteiger partial charge in [-0.2, -0.15) is 0 Å². The first kappa shape index (κ1) is 25.9. The quantitative estimate of drug-likeness (QED) is 0.190. The van der Waals surface area contributed by atoms with Gasteiger partial charge in [0.25, 0.3) is 0 Å². The maximum Gasteiger partial charge on any atom is 0.135 e. The number of benzene rings is 8. The van der Waals surface area contributed by atoms with Crippen LogP contribution in [0, 0.1) is 0 Å². The summed E-state index contributed by atoms with van der Waals surface area (Å²) < 4.78 is 6.45. The molecular weight excluding hydrogens is 581 g/mol. The van der Waals surface area contributed by atoms with Crippen LogP contribution < -0.4 is 4.74 Å². The van der Waals surface area contributed by atoms with Gasteiger partial charge in [0.15, 0.2) is 0 Å². The Balaban J connectivity index is 1.13. The van der Waals surface area contributed by atoms with E-state index in [-0.39, 0.29) is 5.41 Å². The average Bonchev–Trinajstić information content (AvgIpc) is 3.62. The molecule has 0 fully saturated rings. The van der Waals surface area contributed by atoms with Gasteiger partial charge in [-0.1, -0.05) is 146 Å². The molecule has 222 valence electrons. The topological polar surface area (TPSA) is 9.23 Å². The number of ether oxygens (including phenoxy) is 1. The predicted molar refractivity (Wildman–Crippen MR) is 197 cm³/mol. The highest BCUT2D eigenvalue weighted by atomic mass is 16.5. The SMILES string of the molecule is c1ccc(-c2ccc3c(c2)C2(c4ccccc4-c4ccccc42)c2ccccc2-3)c(-c2ccc3c(c2)-c2cccc4cccc(c24)O3)c1. The Morgan fingerprint density at radius 3 is 1.46 bits per heavy atom. The first-order valence-electron chi connectivity index (χ1n) is 16.7. The van der Waals surface area contributed by atoms with Crippen LogP contribution in [0.5, 0.6) is 11.5 Å². The summed E-state index contributed by atoms with van der Waals surface area (Å²) in [4.78, 5) is 0. The van der Waals surface area contributed by atoms with Crippen LogP contribution in [0.4, 0.5) is 0 Å². The molecule has 8 aromatic rings. The zero-order valence-electron chi connectivity index (χ0n) is 26.1. The lowest BCUT2D eigenvalue weighted by Crippen LogP contribution is -2.25. The summed E-state index contributed by atoms with van der Waals surface area (Å²) in [6, 6.07) is 62.5. The van der Waals surface area contributed by atoms with Crippen molar-refractivity contribution in [3.05, 3.63) is 192 Å². The molecule has 0 saturated carbocycles. The Hall–Kier alpha value is -6.18. The van der Waals surface area contributed by atoms with E-state index >= 15 is 0 Å². The summed E-state index contributed by atoms with van der Waals surface area (Å²) in [5.74, 6) is 1.82. The van der Waals surface area contributed by atoms with Crippen LogP contribution in [-0.2, 0) is 5.41 Å². The van der Waals surface area contributed by atoms with Crippen molar-refractivity contribution in [3.63, 3.8) is 0 Å². The van der Waals surface area contributed by atoms with Crippen LogP contribution in [0.15, 0.2) is 170 Å². The summed E-state index contributed by atoms with van der Waals surface area (Å²) >= 11 is 0. The Kier molecular flexibility index (Phi) is 5.10. The molecular formula is C47H28O. The standard InChI is InChI=1S/C47H28O/c1-2-14-33(32(13-1)30-24-26-44-39(27-30)38-18-9-11-29-12-10-22-45(48-44)46(29)38)31-23-25-37-36-17-5-8-21-42(36)47(43(37)28-31)40-19-6-3-15-34(40)35-16-4-7-20-41(35)47/h1-28H. The third kappa shape index (κ3) is 3.25. The van der Waals surface area contributed by atoms with Gasteiger partial charge in [0.1, 0.15) is 11.5 Å². The van der Waals surface area contributed by atoms with Gasteiger partial charge >= 0.3 is 0 Å². The van der Waals surface area contributed by atoms with E-state index in [2.05, 4.69) is 170 Å². The monoisotopic (exact) mass is 608 g/mol. The van der Waals surface area contributed by atoms with Crippen LogP contribution in [0.2, 0.25) is 0 Å². The third-order valence-electron chi connectivity index (χ3n) is 10.9. The highest BCUT2D eigenvalue weighted by Gasteiger charge is 2.51. The molecule has 0 saturated heterocycles. The zero-order valence-corrected chi connectivity index (χ0v) is 26.1. The second-order valence-corrected chi connectivity index (χ2v) is 13.2. The molecule has 3 aliphatic rings. The first-order chi connectivity index (χ1) is 23.8. The van der Waals surface area contributed by atoms with E-state index in [1.54, 1.807) is 0 Å². The van der Waals surface area contributed by atoms with Crippen LogP contribution in [0.25, 0.3) is 66.4 Å². The largest absolute Gasteiger partial charge is 0.456 e. The summed E-state index contributed by atoms with van der Waals surface area (Å²) in [6.45, 7) is 0.